The lowest BCUT2D eigenvalue weighted by Crippen LogP contribution is -2.17. The Hall–Kier alpha value is -3.31. The minimum atomic E-state index is -4.25. The van der Waals surface area contributed by atoms with Gasteiger partial charge in [-0.05, 0) is 36.4 Å². The molecule has 2 aromatic carbocycles. The smallest absolute Gasteiger partial charge is 0.287 e. The van der Waals surface area contributed by atoms with E-state index in [-0.39, 0.29) is 32.0 Å². The van der Waals surface area contributed by atoms with E-state index < -0.39 is 16.0 Å². The van der Waals surface area contributed by atoms with Gasteiger partial charge in [-0.25, -0.2) is 0 Å². The molecule has 0 atom stereocenters. The molecule has 1 heterocycles. The highest BCUT2D eigenvalue weighted by Gasteiger charge is 2.25. The Labute approximate surface area is 169 Å². The van der Waals surface area contributed by atoms with Crippen molar-refractivity contribution in [3.8, 4) is 12.1 Å². The van der Waals surface area contributed by atoms with Crippen LogP contribution in [-0.2, 0) is 10.0 Å². The molecule has 0 saturated heterocycles. The summed E-state index contributed by atoms with van der Waals surface area (Å²) in [6.45, 7) is 0. The van der Waals surface area contributed by atoms with E-state index in [4.69, 9.17) is 39.5 Å². The van der Waals surface area contributed by atoms with Crippen LogP contribution in [0.25, 0.3) is 0 Å². The van der Waals surface area contributed by atoms with E-state index in [1.165, 1.54) is 30.3 Å². The Morgan fingerprint density at radius 1 is 1.07 bits per heavy atom. The third kappa shape index (κ3) is 3.57. The minimum absolute atomic E-state index is 0.105. The van der Waals surface area contributed by atoms with Gasteiger partial charge < -0.3 is 11.1 Å². The highest BCUT2D eigenvalue weighted by molar-refractivity contribution is 7.90. The molecule has 9 nitrogen and oxygen atoms in total. The number of aromatic nitrogens is 3. The van der Waals surface area contributed by atoms with Crippen LogP contribution in [0.3, 0.4) is 0 Å². The lowest BCUT2D eigenvalue weighted by Gasteiger charge is -2.07. The van der Waals surface area contributed by atoms with Gasteiger partial charge in [-0.2, -0.15) is 23.9 Å². The van der Waals surface area contributed by atoms with E-state index in [1.807, 2.05) is 12.1 Å². The summed E-state index contributed by atoms with van der Waals surface area (Å²) in [5.74, 6) is -0.505. The van der Waals surface area contributed by atoms with Crippen molar-refractivity contribution < 1.29 is 8.42 Å². The maximum Gasteiger partial charge on any atom is 0.287 e. The third-order valence-corrected chi connectivity index (χ3v) is 5.89. The average Bonchev–Trinajstić information content (AvgIpc) is 3.02. The van der Waals surface area contributed by atoms with Crippen LogP contribution >= 0.6 is 23.2 Å². The van der Waals surface area contributed by atoms with Crippen LogP contribution < -0.4 is 11.1 Å². The monoisotopic (exact) mass is 433 g/mol. The first-order chi connectivity index (χ1) is 13.3. The van der Waals surface area contributed by atoms with Gasteiger partial charge in [-0.1, -0.05) is 23.2 Å². The van der Waals surface area contributed by atoms with Gasteiger partial charge in [0, 0.05) is 5.69 Å². The number of hydrogen-bond acceptors (Lipinski definition) is 8. The summed E-state index contributed by atoms with van der Waals surface area (Å²) in [7, 11) is -4.25. The largest absolute Gasteiger partial charge is 0.367 e. The van der Waals surface area contributed by atoms with E-state index in [9.17, 15) is 8.42 Å². The number of nitrogens with two attached hydrogens (primary N) is 1. The molecular weight excluding hydrogens is 425 g/mol. The minimum Gasteiger partial charge on any atom is -0.367 e. The molecule has 0 aliphatic heterocycles. The average molecular weight is 434 g/mol. The second kappa shape index (κ2) is 7.37. The molecule has 0 fully saturated rings. The molecule has 0 amide bonds. The Morgan fingerprint density at radius 3 is 2.43 bits per heavy atom. The third-order valence-electron chi connectivity index (χ3n) is 3.51. The van der Waals surface area contributed by atoms with Crippen molar-refractivity contribution in [1.29, 1.82) is 10.5 Å². The molecule has 3 N–H and O–H groups in total. The normalized spacial score (nSPS) is 10.9. The van der Waals surface area contributed by atoms with Crippen LogP contribution in [0.1, 0.15) is 11.1 Å². The number of anilines is 3. The van der Waals surface area contributed by atoms with E-state index in [0.29, 0.717) is 9.77 Å². The SMILES string of the molecule is N#Cc1ccc(S(=O)(=O)n2nc(Nc3ccc(C#N)c(Cl)c3)nc2N)c(Cl)c1. The fourth-order valence-electron chi connectivity index (χ4n) is 2.23. The van der Waals surface area contributed by atoms with Gasteiger partial charge in [0.15, 0.2) is 0 Å². The zero-order chi connectivity index (χ0) is 20.5. The summed E-state index contributed by atoms with van der Waals surface area (Å²) >= 11 is 11.9. The van der Waals surface area contributed by atoms with Gasteiger partial charge in [0.2, 0.25) is 11.9 Å². The Balaban J connectivity index is 1.97. The van der Waals surface area contributed by atoms with Crippen LogP contribution in [0, 0.1) is 22.7 Å². The summed E-state index contributed by atoms with van der Waals surface area (Å²) in [5.41, 5.74) is 6.62. The van der Waals surface area contributed by atoms with Crippen molar-refractivity contribution in [1.82, 2.24) is 14.2 Å². The number of nitriles is 2. The molecule has 0 aliphatic carbocycles. The van der Waals surface area contributed by atoms with E-state index in [2.05, 4.69) is 15.4 Å². The Bertz CT molecular complexity index is 1270. The molecule has 3 rings (SSSR count). The molecule has 12 heteroatoms. The van der Waals surface area contributed by atoms with E-state index in [0.717, 1.165) is 0 Å². The topological polar surface area (TPSA) is 150 Å². The second-order valence-corrected chi connectivity index (χ2v) is 7.88. The maximum atomic E-state index is 12.8. The number of halogens is 2. The zero-order valence-electron chi connectivity index (χ0n) is 13.8. The maximum absolute atomic E-state index is 12.8. The van der Waals surface area contributed by atoms with Crippen molar-refractivity contribution in [2.75, 3.05) is 11.1 Å². The molecule has 3 aromatic rings. The predicted molar refractivity (Wildman–Crippen MR) is 103 cm³/mol. The lowest BCUT2D eigenvalue weighted by atomic mass is 10.2. The van der Waals surface area contributed by atoms with Crippen molar-refractivity contribution in [3.05, 3.63) is 57.6 Å². The molecule has 28 heavy (non-hydrogen) atoms. The molecule has 0 aliphatic rings. The van der Waals surface area contributed by atoms with Crippen LogP contribution in [0.4, 0.5) is 17.6 Å². The number of benzene rings is 2. The van der Waals surface area contributed by atoms with Gasteiger partial charge in [0.25, 0.3) is 10.0 Å². The van der Waals surface area contributed by atoms with Crippen LogP contribution in [0.5, 0.6) is 0 Å². The summed E-state index contributed by atoms with van der Waals surface area (Å²) in [5, 5.41) is 24.4. The molecule has 0 bridgehead atoms. The molecular formula is C16H9Cl2N7O2S. The lowest BCUT2D eigenvalue weighted by molar-refractivity contribution is 0.581. The van der Waals surface area contributed by atoms with Crippen molar-refractivity contribution >= 4 is 50.8 Å². The first-order valence-electron chi connectivity index (χ1n) is 7.40. The van der Waals surface area contributed by atoms with Crippen LogP contribution in [0.15, 0.2) is 41.3 Å². The number of nitrogens with zero attached hydrogens (tertiary/aromatic N) is 5. The van der Waals surface area contributed by atoms with Gasteiger partial charge in [0.05, 0.1) is 27.2 Å². The number of nitrogens with one attached hydrogen (secondary N) is 1. The fourth-order valence-corrected chi connectivity index (χ4v) is 4.13. The highest BCUT2D eigenvalue weighted by Crippen LogP contribution is 2.27. The second-order valence-electron chi connectivity index (χ2n) is 5.33. The fraction of sp³-hybridized carbons (Fsp3) is 0. The first kappa shape index (κ1) is 19.5. The first-order valence-corrected chi connectivity index (χ1v) is 9.60. The number of nitrogen functional groups attached to an aromatic ring is 1. The highest BCUT2D eigenvalue weighted by atomic mass is 35.5. The van der Waals surface area contributed by atoms with Gasteiger partial charge in [-0.3, -0.25) is 0 Å². The van der Waals surface area contributed by atoms with Crippen molar-refractivity contribution in [2.24, 2.45) is 0 Å². The summed E-state index contributed by atoms with van der Waals surface area (Å²) in [6, 6.07) is 12.0. The summed E-state index contributed by atoms with van der Waals surface area (Å²) in [4.78, 5) is 3.59. The van der Waals surface area contributed by atoms with E-state index in [1.54, 1.807) is 6.07 Å². The summed E-state index contributed by atoms with van der Waals surface area (Å²) < 4.78 is 26.1. The molecule has 0 unspecified atom stereocenters. The Kier molecular flexibility index (Phi) is 5.12. The molecule has 0 saturated carbocycles. The van der Waals surface area contributed by atoms with Gasteiger partial charge in [0.1, 0.15) is 11.0 Å². The molecule has 140 valence electrons. The standard InChI is InChI=1S/C16H9Cl2N7O2S/c17-12-6-11(3-2-10(12)8-20)22-16-23-15(21)25(24-16)28(26,27)14-4-1-9(7-19)5-13(14)18/h1-6H,(H3,21,22,23,24). The van der Waals surface area contributed by atoms with Crippen LogP contribution in [-0.4, -0.2) is 22.6 Å². The quantitative estimate of drug-likeness (QED) is 0.636. The van der Waals surface area contributed by atoms with Crippen molar-refractivity contribution in [3.63, 3.8) is 0 Å². The van der Waals surface area contributed by atoms with Gasteiger partial charge >= 0.3 is 0 Å². The molecule has 0 radical (unpaired) electrons. The zero-order valence-corrected chi connectivity index (χ0v) is 16.1. The number of rotatable bonds is 4. The molecule has 0 spiro atoms. The van der Waals surface area contributed by atoms with E-state index >= 15 is 0 Å². The summed E-state index contributed by atoms with van der Waals surface area (Å²) in [6.07, 6.45) is 0. The molecule has 1 aromatic heterocycles. The van der Waals surface area contributed by atoms with Crippen LogP contribution in [0.2, 0.25) is 10.0 Å². The van der Waals surface area contributed by atoms with Gasteiger partial charge in [-0.15, -0.1) is 9.19 Å². The predicted octanol–water partition coefficient (Wildman–Crippen LogP) is 2.89. The number of hydrogen-bond donors (Lipinski definition) is 2. The Morgan fingerprint density at radius 2 is 1.82 bits per heavy atom. The van der Waals surface area contributed by atoms with Crippen molar-refractivity contribution in [2.45, 2.75) is 4.90 Å².